The SMILES string of the molecule is CC1CN(Cc2ccccc2C#CCO)CC(CO)O1. The number of benzene rings is 1. The fraction of sp³-hybridized carbons (Fsp3) is 0.500. The van der Waals surface area contributed by atoms with Crippen LogP contribution in [0.3, 0.4) is 0 Å². The van der Waals surface area contributed by atoms with Gasteiger partial charge in [-0.05, 0) is 18.6 Å². The Balaban J connectivity index is 2.09. The van der Waals surface area contributed by atoms with Crippen molar-refractivity contribution in [3.8, 4) is 11.8 Å². The summed E-state index contributed by atoms with van der Waals surface area (Å²) in [5, 5.41) is 18.1. The van der Waals surface area contributed by atoms with E-state index in [2.05, 4.69) is 22.8 Å². The largest absolute Gasteiger partial charge is 0.394 e. The maximum atomic E-state index is 9.26. The van der Waals surface area contributed by atoms with E-state index in [-0.39, 0.29) is 25.4 Å². The third-order valence-corrected chi connectivity index (χ3v) is 3.32. The summed E-state index contributed by atoms with van der Waals surface area (Å²) < 4.78 is 5.65. The minimum absolute atomic E-state index is 0.0484. The van der Waals surface area contributed by atoms with Crippen LogP contribution in [0.25, 0.3) is 0 Å². The summed E-state index contributed by atoms with van der Waals surface area (Å²) in [5.41, 5.74) is 2.08. The first-order valence-corrected chi connectivity index (χ1v) is 6.89. The van der Waals surface area contributed by atoms with Gasteiger partial charge in [0, 0.05) is 25.2 Å². The van der Waals surface area contributed by atoms with Crippen LogP contribution in [0.5, 0.6) is 0 Å². The highest BCUT2D eigenvalue weighted by Gasteiger charge is 2.24. The number of hydrogen-bond acceptors (Lipinski definition) is 4. The van der Waals surface area contributed by atoms with E-state index in [4.69, 9.17) is 9.84 Å². The lowest BCUT2D eigenvalue weighted by Crippen LogP contribution is -2.47. The number of aliphatic hydroxyl groups is 2. The Labute approximate surface area is 120 Å². The number of nitrogens with zero attached hydrogens (tertiary/aromatic N) is 1. The van der Waals surface area contributed by atoms with Crippen molar-refractivity contribution in [1.82, 2.24) is 4.90 Å². The number of rotatable bonds is 3. The Morgan fingerprint density at radius 3 is 2.85 bits per heavy atom. The van der Waals surface area contributed by atoms with Gasteiger partial charge in [0.05, 0.1) is 18.8 Å². The van der Waals surface area contributed by atoms with Gasteiger partial charge < -0.3 is 14.9 Å². The van der Waals surface area contributed by atoms with Crippen molar-refractivity contribution in [1.29, 1.82) is 0 Å². The van der Waals surface area contributed by atoms with Crippen LogP contribution >= 0.6 is 0 Å². The van der Waals surface area contributed by atoms with Crippen molar-refractivity contribution in [2.75, 3.05) is 26.3 Å². The number of morpholine rings is 1. The molecule has 4 nitrogen and oxygen atoms in total. The summed E-state index contributed by atoms with van der Waals surface area (Å²) in [4.78, 5) is 2.27. The maximum absolute atomic E-state index is 9.26. The zero-order chi connectivity index (χ0) is 14.4. The van der Waals surface area contributed by atoms with Crippen LogP contribution in [0.4, 0.5) is 0 Å². The van der Waals surface area contributed by atoms with Crippen molar-refractivity contribution in [3.63, 3.8) is 0 Å². The first-order chi connectivity index (χ1) is 9.72. The first kappa shape index (κ1) is 15.0. The Bertz CT molecular complexity index is 492. The summed E-state index contributed by atoms with van der Waals surface area (Å²) in [7, 11) is 0. The average molecular weight is 275 g/mol. The van der Waals surface area contributed by atoms with Crippen LogP contribution in [0.1, 0.15) is 18.1 Å². The highest BCUT2D eigenvalue weighted by molar-refractivity contribution is 5.41. The van der Waals surface area contributed by atoms with Gasteiger partial charge >= 0.3 is 0 Å². The molecule has 1 fully saturated rings. The molecule has 20 heavy (non-hydrogen) atoms. The van der Waals surface area contributed by atoms with Crippen molar-refractivity contribution < 1.29 is 14.9 Å². The molecule has 0 aliphatic carbocycles. The molecule has 0 spiro atoms. The van der Waals surface area contributed by atoms with Gasteiger partial charge in [-0.15, -0.1) is 0 Å². The molecule has 2 rings (SSSR count). The van der Waals surface area contributed by atoms with E-state index in [1.807, 2.05) is 25.1 Å². The van der Waals surface area contributed by atoms with E-state index in [9.17, 15) is 5.11 Å². The standard InChI is InChI=1S/C16H21NO3/c1-13-9-17(11-16(12-19)20-13)10-15-6-3-2-5-14(15)7-4-8-18/h2-3,5-6,13,16,18-19H,8-12H2,1H3. The van der Waals surface area contributed by atoms with Gasteiger partial charge in [-0.1, -0.05) is 30.0 Å². The topological polar surface area (TPSA) is 52.9 Å². The number of aliphatic hydroxyl groups excluding tert-OH is 2. The second kappa shape index (κ2) is 7.41. The van der Waals surface area contributed by atoms with Crippen LogP contribution in [0.2, 0.25) is 0 Å². The molecule has 1 saturated heterocycles. The predicted octanol–water partition coefficient (Wildman–Crippen LogP) is 0.612. The van der Waals surface area contributed by atoms with Crippen LogP contribution in [0.15, 0.2) is 24.3 Å². The van der Waals surface area contributed by atoms with Gasteiger partial charge in [-0.25, -0.2) is 0 Å². The van der Waals surface area contributed by atoms with Crippen molar-refractivity contribution in [2.24, 2.45) is 0 Å². The molecule has 1 aromatic rings. The lowest BCUT2D eigenvalue weighted by Gasteiger charge is -2.36. The van der Waals surface area contributed by atoms with E-state index in [1.54, 1.807) is 0 Å². The molecule has 2 N–H and O–H groups in total. The molecule has 0 saturated carbocycles. The molecule has 108 valence electrons. The van der Waals surface area contributed by atoms with Crippen LogP contribution in [-0.4, -0.2) is 53.6 Å². The van der Waals surface area contributed by atoms with Gasteiger partial charge in [-0.2, -0.15) is 0 Å². The molecule has 2 atom stereocenters. The van der Waals surface area contributed by atoms with Crippen molar-refractivity contribution in [3.05, 3.63) is 35.4 Å². The molecule has 0 bridgehead atoms. The molecular weight excluding hydrogens is 254 g/mol. The summed E-state index contributed by atoms with van der Waals surface area (Å²) in [6.07, 6.45) is 0.00558. The molecule has 1 aromatic carbocycles. The molecule has 4 heteroatoms. The van der Waals surface area contributed by atoms with E-state index in [1.165, 1.54) is 0 Å². The summed E-state index contributed by atoms with van der Waals surface area (Å²) >= 11 is 0. The summed E-state index contributed by atoms with van der Waals surface area (Å²) in [6.45, 7) is 4.29. The minimum atomic E-state index is -0.129. The second-order valence-electron chi connectivity index (χ2n) is 5.06. The predicted molar refractivity (Wildman–Crippen MR) is 77.1 cm³/mol. The summed E-state index contributed by atoms with van der Waals surface area (Å²) in [5.74, 6) is 5.67. The lowest BCUT2D eigenvalue weighted by atomic mass is 10.1. The molecular formula is C16H21NO3. The highest BCUT2D eigenvalue weighted by Crippen LogP contribution is 2.16. The molecule has 0 radical (unpaired) electrons. The van der Waals surface area contributed by atoms with Gasteiger partial charge in [0.2, 0.25) is 0 Å². The fourth-order valence-electron chi connectivity index (χ4n) is 2.53. The molecule has 0 amide bonds. The molecule has 1 heterocycles. The van der Waals surface area contributed by atoms with Gasteiger partial charge in [0.15, 0.2) is 0 Å². The lowest BCUT2D eigenvalue weighted by molar-refractivity contribution is -0.0972. The van der Waals surface area contributed by atoms with Crippen molar-refractivity contribution >= 4 is 0 Å². The number of hydrogen-bond donors (Lipinski definition) is 2. The molecule has 0 aromatic heterocycles. The maximum Gasteiger partial charge on any atom is 0.104 e. The van der Waals surface area contributed by atoms with E-state index < -0.39 is 0 Å². The van der Waals surface area contributed by atoms with E-state index in [0.29, 0.717) is 0 Å². The molecule has 1 aliphatic rings. The Morgan fingerprint density at radius 1 is 1.30 bits per heavy atom. The van der Waals surface area contributed by atoms with Gasteiger partial charge in [-0.3, -0.25) is 4.90 Å². The molecule has 1 aliphatic heterocycles. The zero-order valence-electron chi connectivity index (χ0n) is 11.7. The normalized spacial score (nSPS) is 23.1. The quantitative estimate of drug-likeness (QED) is 0.794. The smallest absolute Gasteiger partial charge is 0.104 e. The van der Waals surface area contributed by atoms with Crippen molar-refractivity contribution in [2.45, 2.75) is 25.7 Å². The Morgan fingerprint density at radius 2 is 2.10 bits per heavy atom. The Kier molecular flexibility index (Phi) is 5.57. The first-order valence-electron chi connectivity index (χ1n) is 6.89. The van der Waals surface area contributed by atoms with Crippen LogP contribution < -0.4 is 0 Å². The van der Waals surface area contributed by atoms with Crippen LogP contribution in [0, 0.1) is 11.8 Å². The number of ether oxygens (including phenoxy) is 1. The second-order valence-corrected chi connectivity index (χ2v) is 5.06. The zero-order valence-corrected chi connectivity index (χ0v) is 11.7. The fourth-order valence-corrected chi connectivity index (χ4v) is 2.53. The Hall–Kier alpha value is -1.38. The monoisotopic (exact) mass is 275 g/mol. The van der Waals surface area contributed by atoms with Gasteiger partial charge in [0.1, 0.15) is 6.61 Å². The highest BCUT2D eigenvalue weighted by atomic mass is 16.5. The van der Waals surface area contributed by atoms with Gasteiger partial charge in [0.25, 0.3) is 0 Å². The minimum Gasteiger partial charge on any atom is -0.394 e. The third kappa shape index (κ3) is 4.06. The third-order valence-electron chi connectivity index (χ3n) is 3.32. The van der Waals surface area contributed by atoms with E-state index in [0.717, 1.165) is 30.8 Å². The average Bonchev–Trinajstić information content (AvgIpc) is 2.45. The van der Waals surface area contributed by atoms with E-state index >= 15 is 0 Å². The van der Waals surface area contributed by atoms with Crippen LogP contribution in [-0.2, 0) is 11.3 Å². The molecule has 2 unspecified atom stereocenters. The summed E-state index contributed by atoms with van der Waals surface area (Å²) in [6, 6.07) is 7.96.